The predicted octanol–water partition coefficient (Wildman–Crippen LogP) is 2.45. The summed E-state index contributed by atoms with van der Waals surface area (Å²) in [6.45, 7) is 1.93. The van der Waals surface area contributed by atoms with Crippen molar-refractivity contribution in [2.75, 3.05) is 0 Å². The van der Waals surface area contributed by atoms with Gasteiger partial charge in [-0.3, -0.25) is 0 Å². The smallest absolute Gasteiger partial charge is 0.200 e. The third-order valence-corrected chi connectivity index (χ3v) is 5.22. The first-order chi connectivity index (χ1) is 9.06. The van der Waals surface area contributed by atoms with E-state index in [9.17, 15) is 8.42 Å². The molecule has 5 heteroatoms. The van der Waals surface area contributed by atoms with Crippen LogP contribution in [0.5, 0.6) is 0 Å². The van der Waals surface area contributed by atoms with Gasteiger partial charge >= 0.3 is 0 Å². The van der Waals surface area contributed by atoms with Crippen LogP contribution in [0.15, 0.2) is 34.3 Å². The molecule has 0 unspecified atom stereocenters. The van der Waals surface area contributed by atoms with Crippen LogP contribution in [0.25, 0.3) is 0 Å². The van der Waals surface area contributed by atoms with Crippen LogP contribution in [0.4, 0.5) is 0 Å². The summed E-state index contributed by atoms with van der Waals surface area (Å²) in [5.41, 5.74) is 2.07. The molecule has 1 aromatic rings. The molecule has 0 amide bonds. The van der Waals surface area contributed by atoms with Gasteiger partial charge in [0.1, 0.15) is 0 Å². The lowest BCUT2D eigenvalue weighted by Gasteiger charge is -2.12. The van der Waals surface area contributed by atoms with Gasteiger partial charge in [0.15, 0.2) is 0 Å². The summed E-state index contributed by atoms with van der Waals surface area (Å²) in [5, 5.41) is 4.16. The first-order valence-electron chi connectivity index (χ1n) is 6.71. The monoisotopic (exact) mass is 278 g/mol. The van der Waals surface area contributed by atoms with E-state index in [1.54, 1.807) is 24.3 Å². The van der Waals surface area contributed by atoms with Crippen LogP contribution in [0.3, 0.4) is 0 Å². The van der Waals surface area contributed by atoms with E-state index < -0.39 is 10.0 Å². The van der Waals surface area contributed by atoms with Gasteiger partial charge in [0, 0.05) is 11.6 Å². The minimum absolute atomic E-state index is 0.269. The lowest BCUT2D eigenvalue weighted by atomic mass is 9.99. The van der Waals surface area contributed by atoms with E-state index in [4.69, 9.17) is 0 Å². The van der Waals surface area contributed by atoms with E-state index in [-0.39, 0.29) is 4.90 Å². The predicted molar refractivity (Wildman–Crippen MR) is 74.4 cm³/mol. The highest BCUT2D eigenvalue weighted by molar-refractivity contribution is 7.89. The van der Waals surface area contributed by atoms with Crippen LogP contribution in [0.1, 0.15) is 31.2 Å². The van der Waals surface area contributed by atoms with Gasteiger partial charge in [0.2, 0.25) is 0 Å². The van der Waals surface area contributed by atoms with Crippen molar-refractivity contribution in [1.82, 2.24) is 4.83 Å². The number of sulfonamides is 1. The number of hydrogen-bond acceptors (Lipinski definition) is 3. The van der Waals surface area contributed by atoms with Crippen molar-refractivity contribution in [3.63, 3.8) is 0 Å². The standard InChI is InChI=1S/C14H18N2O2S/c1-10-5-7-12(8-6-10)19(17,18)16-15-14-4-2-3-11-9-13(11)14/h5-8,11,13,16H,2-4,9H2,1H3/b15-14+/t11-,13+/m1/s1. The molecule has 4 nitrogen and oxygen atoms in total. The zero-order valence-electron chi connectivity index (χ0n) is 11.0. The molecule has 3 rings (SSSR count). The number of hydrazone groups is 1. The highest BCUT2D eigenvalue weighted by atomic mass is 32.2. The summed E-state index contributed by atoms with van der Waals surface area (Å²) < 4.78 is 24.2. The van der Waals surface area contributed by atoms with Crippen LogP contribution in [-0.2, 0) is 10.0 Å². The van der Waals surface area contributed by atoms with Crippen LogP contribution < -0.4 is 4.83 Å². The third-order valence-electron chi connectivity index (χ3n) is 4.00. The second kappa shape index (κ2) is 4.63. The Hall–Kier alpha value is -1.36. The van der Waals surface area contributed by atoms with Crippen LogP contribution in [-0.4, -0.2) is 14.1 Å². The van der Waals surface area contributed by atoms with Crippen LogP contribution in [0.2, 0.25) is 0 Å². The van der Waals surface area contributed by atoms with Gasteiger partial charge in [0.25, 0.3) is 10.0 Å². The van der Waals surface area contributed by atoms with Crippen molar-refractivity contribution in [3.05, 3.63) is 29.8 Å². The van der Waals surface area contributed by atoms with E-state index >= 15 is 0 Å². The largest absolute Gasteiger partial charge is 0.276 e. The summed E-state index contributed by atoms with van der Waals surface area (Å²) in [6.07, 6.45) is 4.52. The number of aryl methyl sites for hydroxylation is 1. The Morgan fingerprint density at radius 2 is 2.00 bits per heavy atom. The fourth-order valence-electron chi connectivity index (χ4n) is 2.73. The molecular formula is C14H18N2O2S. The topological polar surface area (TPSA) is 58.5 Å². The molecular weight excluding hydrogens is 260 g/mol. The maximum Gasteiger partial charge on any atom is 0.276 e. The van der Waals surface area contributed by atoms with Gasteiger partial charge < -0.3 is 0 Å². The summed E-state index contributed by atoms with van der Waals surface area (Å²) in [7, 11) is -3.52. The molecule has 0 aromatic heterocycles. The van der Waals surface area contributed by atoms with Gasteiger partial charge in [-0.1, -0.05) is 17.7 Å². The summed E-state index contributed by atoms with van der Waals surface area (Å²) >= 11 is 0. The molecule has 102 valence electrons. The first-order valence-corrected chi connectivity index (χ1v) is 8.19. The van der Waals surface area contributed by atoms with Crippen molar-refractivity contribution in [1.29, 1.82) is 0 Å². The van der Waals surface area contributed by atoms with Crippen molar-refractivity contribution < 1.29 is 8.42 Å². The second-order valence-electron chi connectivity index (χ2n) is 5.51. The van der Waals surface area contributed by atoms with Gasteiger partial charge in [-0.05, 0) is 50.7 Å². The maximum absolute atomic E-state index is 12.1. The molecule has 0 bridgehead atoms. The lowest BCUT2D eigenvalue weighted by Crippen LogP contribution is -2.22. The van der Waals surface area contributed by atoms with E-state index in [1.165, 1.54) is 12.8 Å². The average molecular weight is 278 g/mol. The Labute approximate surface area is 114 Å². The number of nitrogens with zero attached hydrogens (tertiary/aromatic N) is 1. The number of fused-ring (bicyclic) bond motifs is 1. The number of benzene rings is 1. The molecule has 0 radical (unpaired) electrons. The minimum atomic E-state index is -3.52. The summed E-state index contributed by atoms with van der Waals surface area (Å²) in [5.74, 6) is 1.30. The molecule has 19 heavy (non-hydrogen) atoms. The molecule has 0 aliphatic heterocycles. The highest BCUT2D eigenvalue weighted by Gasteiger charge is 2.43. The molecule has 0 spiro atoms. The van der Waals surface area contributed by atoms with Gasteiger partial charge in [0.05, 0.1) is 4.90 Å². The number of rotatable bonds is 3. The Morgan fingerprint density at radius 3 is 2.74 bits per heavy atom. The zero-order chi connectivity index (χ0) is 13.5. The molecule has 0 heterocycles. The normalized spacial score (nSPS) is 27.9. The Kier molecular flexibility index (Phi) is 3.09. The van der Waals surface area contributed by atoms with Crippen LogP contribution >= 0.6 is 0 Å². The van der Waals surface area contributed by atoms with Gasteiger partial charge in [-0.15, -0.1) is 0 Å². The molecule has 1 N–H and O–H groups in total. The van der Waals surface area contributed by atoms with Gasteiger partial charge in [-0.2, -0.15) is 13.5 Å². The van der Waals surface area contributed by atoms with Crippen molar-refractivity contribution in [3.8, 4) is 0 Å². The highest BCUT2D eigenvalue weighted by Crippen LogP contribution is 2.47. The Morgan fingerprint density at radius 1 is 1.26 bits per heavy atom. The van der Waals surface area contributed by atoms with E-state index in [0.717, 1.165) is 30.0 Å². The van der Waals surface area contributed by atoms with E-state index in [1.807, 2.05) is 6.92 Å². The SMILES string of the molecule is Cc1ccc(S(=O)(=O)N/N=C2\CCC[C@@H]3C[C@H]23)cc1. The quantitative estimate of drug-likeness (QED) is 0.863. The third kappa shape index (κ3) is 2.66. The summed E-state index contributed by atoms with van der Waals surface area (Å²) in [4.78, 5) is 2.65. The van der Waals surface area contributed by atoms with Gasteiger partial charge in [-0.25, -0.2) is 4.83 Å². The van der Waals surface area contributed by atoms with Crippen molar-refractivity contribution in [2.24, 2.45) is 16.9 Å². The number of nitrogens with one attached hydrogen (secondary N) is 1. The Bertz CT molecular complexity index is 605. The Balaban J connectivity index is 1.75. The van der Waals surface area contributed by atoms with E-state index in [0.29, 0.717) is 5.92 Å². The van der Waals surface area contributed by atoms with Crippen molar-refractivity contribution in [2.45, 2.75) is 37.5 Å². The van der Waals surface area contributed by atoms with Crippen LogP contribution in [0, 0.1) is 18.8 Å². The molecule has 2 aliphatic carbocycles. The second-order valence-corrected chi connectivity index (χ2v) is 7.17. The molecule has 2 saturated carbocycles. The maximum atomic E-state index is 12.1. The molecule has 2 atom stereocenters. The molecule has 2 aliphatic rings. The molecule has 0 saturated heterocycles. The molecule has 1 aromatic carbocycles. The summed E-state index contributed by atoms with van der Waals surface area (Å²) in [6, 6.07) is 6.80. The average Bonchev–Trinajstić information content (AvgIpc) is 3.16. The fraction of sp³-hybridized carbons (Fsp3) is 0.500. The lowest BCUT2D eigenvalue weighted by molar-refractivity contribution is 0.581. The zero-order valence-corrected chi connectivity index (χ0v) is 11.8. The molecule has 2 fully saturated rings. The minimum Gasteiger partial charge on any atom is -0.200 e. The van der Waals surface area contributed by atoms with Crippen molar-refractivity contribution >= 4 is 15.7 Å². The fourth-order valence-corrected chi connectivity index (χ4v) is 3.57. The number of hydrogen-bond donors (Lipinski definition) is 1. The van der Waals surface area contributed by atoms with E-state index in [2.05, 4.69) is 9.93 Å². The first kappa shape index (κ1) is 12.7.